The average molecular weight is 296 g/mol. The van der Waals surface area contributed by atoms with Crippen molar-refractivity contribution < 1.29 is 9.53 Å². The predicted molar refractivity (Wildman–Crippen MR) is 85.4 cm³/mol. The fourth-order valence-corrected chi connectivity index (χ4v) is 4.45. The molecule has 0 N–H and O–H groups in total. The van der Waals surface area contributed by atoms with E-state index in [0.717, 1.165) is 30.5 Å². The average Bonchev–Trinajstić information content (AvgIpc) is 2.96. The third-order valence-electron chi connectivity index (χ3n) is 5.33. The lowest BCUT2D eigenvalue weighted by molar-refractivity contribution is -0.123. The molecule has 1 heterocycles. The first-order chi connectivity index (χ1) is 10.7. The molecule has 2 aliphatic carbocycles. The van der Waals surface area contributed by atoms with Crippen LogP contribution in [0.15, 0.2) is 34.3 Å². The second-order valence-electron chi connectivity index (χ2n) is 6.63. The Kier molecular flexibility index (Phi) is 3.22. The SMILES string of the molecule is COCC1=NC(=O)C2C(=N1)c1ccccc1CC21CCCC1. The van der Waals surface area contributed by atoms with Crippen LogP contribution in [0.25, 0.3) is 0 Å². The number of carbonyl (C=O) groups excluding carboxylic acids is 1. The van der Waals surface area contributed by atoms with E-state index in [9.17, 15) is 4.79 Å². The Hall–Kier alpha value is -1.81. The highest BCUT2D eigenvalue weighted by Crippen LogP contribution is 2.52. The summed E-state index contributed by atoms with van der Waals surface area (Å²) in [7, 11) is 1.60. The maximum Gasteiger partial charge on any atom is 0.257 e. The van der Waals surface area contributed by atoms with Crippen molar-refractivity contribution in [1.29, 1.82) is 0 Å². The zero-order valence-corrected chi connectivity index (χ0v) is 12.8. The van der Waals surface area contributed by atoms with Gasteiger partial charge in [0.1, 0.15) is 6.61 Å². The van der Waals surface area contributed by atoms with E-state index in [2.05, 4.69) is 23.2 Å². The van der Waals surface area contributed by atoms with E-state index in [4.69, 9.17) is 9.73 Å². The second kappa shape index (κ2) is 5.13. The van der Waals surface area contributed by atoms with Crippen LogP contribution in [-0.2, 0) is 16.0 Å². The normalized spacial score (nSPS) is 25.5. The van der Waals surface area contributed by atoms with Gasteiger partial charge in [-0.05, 0) is 30.2 Å². The van der Waals surface area contributed by atoms with Crippen LogP contribution in [0, 0.1) is 11.3 Å². The van der Waals surface area contributed by atoms with Crippen LogP contribution in [0.2, 0.25) is 0 Å². The molecule has 0 aromatic heterocycles. The van der Waals surface area contributed by atoms with Gasteiger partial charge in [0.2, 0.25) is 0 Å². The molecule has 1 fully saturated rings. The summed E-state index contributed by atoms with van der Waals surface area (Å²) in [5.74, 6) is 0.322. The lowest BCUT2D eigenvalue weighted by atomic mass is 9.62. The Labute approximate surface area is 130 Å². The maximum absolute atomic E-state index is 12.8. The summed E-state index contributed by atoms with van der Waals surface area (Å²) in [6.07, 6.45) is 5.59. The van der Waals surface area contributed by atoms with E-state index >= 15 is 0 Å². The van der Waals surface area contributed by atoms with Gasteiger partial charge in [0, 0.05) is 12.7 Å². The number of benzene rings is 1. The molecule has 1 aromatic rings. The smallest absolute Gasteiger partial charge is 0.257 e. The molecule has 3 aliphatic rings. The Bertz CT molecular complexity index is 684. The van der Waals surface area contributed by atoms with Crippen molar-refractivity contribution in [2.45, 2.75) is 32.1 Å². The second-order valence-corrected chi connectivity index (χ2v) is 6.63. The van der Waals surface area contributed by atoms with Crippen LogP contribution in [0.5, 0.6) is 0 Å². The first-order valence-corrected chi connectivity index (χ1v) is 8.01. The monoisotopic (exact) mass is 296 g/mol. The minimum Gasteiger partial charge on any atom is -0.377 e. The number of nitrogens with zero attached hydrogens (tertiary/aromatic N) is 2. The molecule has 0 saturated heterocycles. The van der Waals surface area contributed by atoms with E-state index in [0.29, 0.717) is 5.84 Å². The largest absolute Gasteiger partial charge is 0.377 e. The molecule has 1 aliphatic heterocycles. The van der Waals surface area contributed by atoms with Crippen LogP contribution in [-0.4, -0.2) is 31.2 Å². The number of amidine groups is 1. The molecule has 4 heteroatoms. The third-order valence-corrected chi connectivity index (χ3v) is 5.33. The molecule has 114 valence electrons. The molecule has 0 bridgehead atoms. The number of methoxy groups -OCH3 is 1. The summed E-state index contributed by atoms with van der Waals surface area (Å²) in [4.78, 5) is 21.7. The number of carbonyl (C=O) groups is 1. The quantitative estimate of drug-likeness (QED) is 0.842. The van der Waals surface area contributed by atoms with Crippen LogP contribution in [0.4, 0.5) is 0 Å². The standard InChI is InChI=1S/C18H20N2O2/c1-22-11-14-19-16-13-7-3-2-6-12(13)10-18(8-4-5-9-18)15(16)17(21)20-14/h2-3,6-7,15H,4-5,8-11H2,1H3. The highest BCUT2D eigenvalue weighted by atomic mass is 16.5. The van der Waals surface area contributed by atoms with Crippen LogP contribution < -0.4 is 0 Å². The van der Waals surface area contributed by atoms with Crippen molar-refractivity contribution in [2.24, 2.45) is 21.3 Å². The van der Waals surface area contributed by atoms with E-state index in [1.807, 2.05) is 6.07 Å². The fourth-order valence-electron chi connectivity index (χ4n) is 4.45. The van der Waals surface area contributed by atoms with Gasteiger partial charge in [-0.15, -0.1) is 0 Å². The molecular formula is C18H20N2O2. The van der Waals surface area contributed by atoms with E-state index in [-0.39, 0.29) is 23.8 Å². The van der Waals surface area contributed by atoms with Crippen molar-refractivity contribution in [3.63, 3.8) is 0 Å². The lowest BCUT2D eigenvalue weighted by Gasteiger charge is -2.42. The number of ether oxygens (including phenoxy) is 1. The van der Waals surface area contributed by atoms with Crippen molar-refractivity contribution in [1.82, 2.24) is 0 Å². The van der Waals surface area contributed by atoms with Crippen LogP contribution in [0.3, 0.4) is 0 Å². The summed E-state index contributed by atoms with van der Waals surface area (Å²) in [5.41, 5.74) is 3.41. The molecule has 1 aromatic carbocycles. The van der Waals surface area contributed by atoms with E-state index in [1.165, 1.54) is 18.4 Å². The molecule has 1 unspecified atom stereocenters. The molecule has 1 saturated carbocycles. The van der Waals surface area contributed by atoms with Crippen LogP contribution in [0.1, 0.15) is 36.8 Å². The van der Waals surface area contributed by atoms with Gasteiger partial charge in [0.25, 0.3) is 5.91 Å². The third kappa shape index (κ3) is 1.97. The first-order valence-electron chi connectivity index (χ1n) is 8.01. The zero-order valence-electron chi connectivity index (χ0n) is 12.8. The number of rotatable bonds is 2. The summed E-state index contributed by atoms with van der Waals surface area (Å²) in [6, 6.07) is 8.38. The number of aliphatic imine (C=N–C) groups is 2. The summed E-state index contributed by atoms with van der Waals surface area (Å²) >= 11 is 0. The van der Waals surface area contributed by atoms with Crippen LogP contribution >= 0.6 is 0 Å². The predicted octanol–water partition coefficient (Wildman–Crippen LogP) is 2.79. The first kappa shape index (κ1) is 13.8. The Morgan fingerprint density at radius 2 is 2.00 bits per heavy atom. The van der Waals surface area contributed by atoms with Crippen molar-refractivity contribution >= 4 is 17.5 Å². The van der Waals surface area contributed by atoms with Gasteiger partial charge < -0.3 is 4.74 Å². The highest BCUT2D eigenvalue weighted by Gasteiger charge is 2.52. The molecule has 1 spiro atoms. The molecule has 4 rings (SSSR count). The van der Waals surface area contributed by atoms with Gasteiger partial charge >= 0.3 is 0 Å². The Morgan fingerprint density at radius 1 is 1.23 bits per heavy atom. The number of hydrogen-bond acceptors (Lipinski definition) is 3. The van der Waals surface area contributed by atoms with Gasteiger partial charge in [-0.2, -0.15) is 4.99 Å². The molecule has 4 nitrogen and oxygen atoms in total. The summed E-state index contributed by atoms with van der Waals surface area (Å²) in [6.45, 7) is 0.289. The maximum atomic E-state index is 12.8. The molecule has 1 amide bonds. The van der Waals surface area contributed by atoms with E-state index in [1.54, 1.807) is 7.11 Å². The molecular weight excluding hydrogens is 276 g/mol. The van der Waals surface area contributed by atoms with Gasteiger partial charge in [-0.3, -0.25) is 4.79 Å². The zero-order chi connectivity index (χ0) is 15.2. The van der Waals surface area contributed by atoms with Gasteiger partial charge in [0.05, 0.1) is 11.6 Å². The fraction of sp³-hybridized carbons (Fsp3) is 0.500. The summed E-state index contributed by atoms with van der Waals surface area (Å²) < 4.78 is 5.12. The van der Waals surface area contributed by atoms with Crippen molar-refractivity contribution in [2.75, 3.05) is 13.7 Å². The van der Waals surface area contributed by atoms with Gasteiger partial charge in [0.15, 0.2) is 5.84 Å². The lowest BCUT2D eigenvalue weighted by Crippen LogP contribution is -2.47. The number of hydrogen-bond donors (Lipinski definition) is 0. The van der Waals surface area contributed by atoms with Crippen molar-refractivity contribution in [3.8, 4) is 0 Å². The van der Waals surface area contributed by atoms with E-state index < -0.39 is 0 Å². The molecule has 0 radical (unpaired) electrons. The molecule has 22 heavy (non-hydrogen) atoms. The minimum atomic E-state index is -0.162. The topological polar surface area (TPSA) is 51.0 Å². The Morgan fingerprint density at radius 3 is 2.77 bits per heavy atom. The van der Waals surface area contributed by atoms with Gasteiger partial charge in [-0.1, -0.05) is 37.1 Å². The van der Waals surface area contributed by atoms with Crippen molar-refractivity contribution in [3.05, 3.63) is 35.4 Å². The summed E-state index contributed by atoms with van der Waals surface area (Å²) in [5, 5.41) is 0. The number of fused-ring (bicyclic) bond motifs is 4. The Balaban J connectivity index is 1.88. The minimum absolute atomic E-state index is 0.0200. The van der Waals surface area contributed by atoms with Gasteiger partial charge in [-0.25, -0.2) is 4.99 Å². The molecule has 1 atom stereocenters. The number of amides is 1. The highest BCUT2D eigenvalue weighted by molar-refractivity contribution is 6.23.